The van der Waals surface area contributed by atoms with Crippen LogP contribution in [-0.2, 0) is 0 Å². The van der Waals surface area contributed by atoms with Gasteiger partial charge in [-0.2, -0.15) is 0 Å². The second-order valence-corrected chi connectivity index (χ2v) is 12.5. The van der Waals surface area contributed by atoms with Gasteiger partial charge in [0.1, 0.15) is 0 Å². The highest BCUT2D eigenvalue weighted by atomic mass is 14.7. The van der Waals surface area contributed by atoms with Gasteiger partial charge >= 0.3 is 0 Å². The van der Waals surface area contributed by atoms with Gasteiger partial charge in [0.25, 0.3) is 0 Å². The zero-order valence-corrected chi connectivity index (χ0v) is 21.4. The number of benzene rings is 2. The number of nitrogens with zero attached hydrogens (tertiary/aromatic N) is 1. The molecule has 4 aliphatic carbocycles. The second kappa shape index (κ2) is 9.38. The molecule has 7 rings (SSSR count). The van der Waals surface area contributed by atoms with E-state index in [1.54, 1.807) is 16.7 Å². The van der Waals surface area contributed by atoms with E-state index in [-0.39, 0.29) is 0 Å². The summed E-state index contributed by atoms with van der Waals surface area (Å²) < 4.78 is 0. The number of hydrogen-bond donors (Lipinski definition) is 0. The summed E-state index contributed by atoms with van der Waals surface area (Å²) in [6.07, 6.45) is 21.8. The molecule has 0 amide bonds. The zero-order chi connectivity index (χ0) is 23.2. The second-order valence-electron chi connectivity index (χ2n) is 12.5. The van der Waals surface area contributed by atoms with Gasteiger partial charge in [0.05, 0.1) is 5.69 Å². The molecule has 1 nitrogen and oxygen atoms in total. The lowest BCUT2D eigenvalue weighted by Gasteiger charge is -2.27. The molecule has 1 heterocycles. The Morgan fingerprint density at radius 1 is 0.600 bits per heavy atom. The summed E-state index contributed by atoms with van der Waals surface area (Å²) in [6.45, 7) is 0. The van der Waals surface area contributed by atoms with Gasteiger partial charge < -0.3 is 0 Å². The van der Waals surface area contributed by atoms with Crippen LogP contribution in [0.2, 0.25) is 0 Å². The highest BCUT2D eigenvalue weighted by molar-refractivity contribution is 5.95. The third kappa shape index (κ3) is 4.24. The molecule has 3 atom stereocenters. The van der Waals surface area contributed by atoms with Crippen LogP contribution in [0.15, 0.2) is 48.7 Å². The fourth-order valence-electron chi connectivity index (χ4n) is 8.47. The summed E-state index contributed by atoms with van der Waals surface area (Å²) in [7, 11) is 0. The Morgan fingerprint density at radius 3 is 1.94 bits per heavy atom. The predicted octanol–water partition coefficient (Wildman–Crippen LogP) is 9.90. The average Bonchev–Trinajstić information content (AvgIpc) is 3.57. The molecule has 35 heavy (non-hydrogen) atoms. The summed E-state index contributed by atoms with van der Waals surface area (Å²) in [6, 6.07) is 17.3. The van der Waals surface area contributed by atoms with E-state index in [0.717, 1.165) is 29.6 Å². The lowest BCUT2D eigenvalue weighted by atomic mass is 9.78. The van der Waals surface area contributed by atoms with E-state index < -0.39 is 0 Å². The fourth-order valence-corrected chi connectivity index (χ4v) is 8.47. The minimum Gasteiger partial charge on any atom is -0.256 e. The van der Waals surface area contributed by atoms with Gasteiger partial charge in [-0.15, -0.1) is 0 Å². The number of rotatable bonds is 4. The molecule has 0 saturated heterocycles. The first-order valence-corrected chi connectivity index (χ1v) is 14.9. The van der Waals surface area contributed by atoms with Crippen molar-refractivity contribution in [3.05, 3.63) is 65.4 Å². The third-order valence-electron chi connectivity index (χ3n) is 10.4. The van der Waals surface area contributed by atoms with Crippen molar-refractivity contribution < 1.29 is 0 Å². The molecule has 2 aromatic carbocycles. The van der Waals surface area contributed by atoms with Crippen LogP contribution >= 0.6 is 0 Å². The van der Waals surface area contributed by atoms with Crippen molar-refractivity contribution in [1.82, 2.24) is 4.98 Å². The SMILES string of the molecule is c1cc2cc(C3CC4CCC3C4)ccc2c(-c2cc(C3CCCCC3)cc(C3CCCCC3)c2)n1. The molecular formula is C34H41N. The Morgan fingerprint density at radius 2 is 1.31 bits per heavy atom. The lowest BCUT2D eigenvalue weighted by Crippen LogP contribution is -2.09. The minimum absolute atomic E-state index is 0.741. The molecule has 3 aromatic rings. The summed E-state index contributed by atoms with van der Waals surface area (Å²) >= 11 is 0. The van der Waals surface area contributed by atoms with E-state index in [1.165, 1.54) is 112 Å². The Bertz CT molecular complexity index is 1160. The number of fused-ring (bicyclic) bond motifs is 3. The first kappa shape index (κ1) is 22.1. The molecule has 0 radical (unpaired) electrons. The van der Waals surface area contributed by atoms with Crippen molar-refractivity contribution in [3.63, 3.8) is 0 Å². The normalized spacial score (nSPS) is 27.6. The molecule has 0 aliphatic heterocycles. The van der Waals surface area contributed by atoms with E-state index >= 15 is 0 Å². The lowest BCUT2D eigenvalue weighted by molar-refractivity contribution is 0.420. The van der Waals surface area contributed by atoms with Gasteiger partial charge in [-0.05, 0) is 115 Å². The Kier molecular flexibility index (Phi) is 5.92. The van der Waals surface area contributed by atoms with Gasteiger partial charge in [-0.3, -0.25) is 4.98 Å². The largest absolute Gasteiger partial charge is 0.256 e. The smallest absolute Gasteiger partial charge is 0.0780 e. The molecule has 1 heteroatoms. The average molecular weight is 464 g/mol. The van der Waals surface area contributed by atoms with Gasteiger partial charge in [0.15, 0.2) is 0 Å². The van der Waals surface area contributed by atoms with E-state index in [4.69, 9.17) is 4.98 Å². The molecule has 1 aromatic heterocycles. The molecule has 2 bridgehead atoms. The summed E-state index contributed by atoms with van der Waals surface area (Å²) in [5.74, 6) is 4.21. The predicted molar refractivity (Wildman–Crippen MR) is 147 cm³/mol. The van der Waals surface area contributed by atoms with Crippen LogP contribution in [0.4, 0.5) is 0 Å². The Balaban J connectivity index is 1.29. The van der Waals surface area contributed by atoms with Gasteiger partial charge in [-0.1, -0.05) is 69.2 Å². The van der Waals surface area contributed by atoms with Crippen LogP contribution in [0.3, 0.4) is 0 Å². The van der Waals surface area contributed by atoms with Crippen LogP contribution in [0.1, 0.15) is 124 Å². The van der Waals surface area contributed by atoms with Crippen LogP contribution in [-0.4, -0.2) is 4.98 Å². The Hall–Kier alpha value is -2.15. The maximum Gasteiger partial charge on any atom is 0.0780 e. The standard InChI is InChI=1S/C34H41N/c1-3-7-24(8-4-1)29-20-30(25-9-5-2-6-10-25)22-31(21-29)34-32-14-13-27(19-28(32)15-16-35-34)33-18-23-11-12-26(33)17-23/h13-16,19-26,33H,1-12,17-18H2. The Labute approximate surface area is 211 Å². The topological polar surface area (TPSA) is 12.9 Å². The van der Waals surface area contributed by atoms with Crippen molar-refractivity contribution in [2.45, 2.75) is 108 Å². The maximum atomic E-state index is 5.01. The molecule has 0 spiro atoms. The molecule has 4 aliphatic rings. The van der Waals surface area contributed by atoms with Crippen molar-refractivity contribution in [1.29, 1.82) is 0 Å². The van der Waals surface area contributed by atoms with Crippen molar-refractivity contribution in [2.24, 2.45) is 11.8 Å². The monoisotopic (exact) mass is 463 g/mol. The van der Waals surface area contributed by atoms with Gasteiger partial charge in [0.2, 0.25) is 0 Å². The number of pyridine rings is 1. The first-order valence-electron chi connectivity index (χ1n) is 14.9. The van der Waals surface area contributed by atoms with Crippen LogP contribution in [0.5, 0.6) is 0 Å². The van der Waals surface area contributed by atoms with Crippen molar-refractivity contribution in [3.8, 4) is 11.3 Å². The van der Waals surface area contributed by atoms with E-state index in [9.17, 15) is 0 Å². The van der Waals surface area contributed by atoms with E-state index in [2.05, 4.69) is 48.7 Å². The molecule has 0 N–H and O–H groups in total. The molecule has 4 saturated carbocycles. The van der Waals surface area contributed by atoms with Crippen LogP contribution < -0.4 is 0 Å². The van der Waals surface area contributed by atoms with Gasteiger partial charge in [-0.25, -0.2) is 0 Å². The highest BCUT2D eigenvalue weighted by Gasteiger charge is 2.40. The van der Waals surface area contributed by atoms with Crippen molar-refractivity contribution >= 4 is 10.8 Å². The summed E-state index contributed by atoms with van der Waals surface area (Å²) in [4.78, 5) is 5.01. The quantitative estimate of drug-likeness (QED) is 0.375. The van der Waals surface area contributed by atoms with Crippen molar-refractivity contribution in [2.75, 3.05) is 0 Å². The maximum absolute atomic E-state index is 5.01. The van der Waals surface area contributed by atoms with Gasteiger partial charge in [0, 0.05) is 17.1 Å². The summed E-state index contributed by atoms with van der Waals surface area (Å²) in [5, 5.41) is 2.73. The number of aromatic nitrogens is 1. The summed E-state index contributed by atoms with van der Waals surface area (Å²) in [5.41, 5.74) is 7.35. The first-order chi connectivity index (χ1) is 17.3. The molecular weight excluding hydrogens is 422 g/mol. The number of hydrogen-bond acceptors (Lipinski definition) is 1. The van der Waals surface area contributed by atoms with E-state index in [1.807, 2.05) is 0 Å². The highest BCUT2D eigenvalue weighted by Crippen LogP contribution is 2.53. The van der Waals surface area contributed by atoms with Crippen LogP contribution in [0, 0.1) is 11.8 Å². The third-order valence-corrected chi connectivity index (χ3v) is 10.4. The molecule has 4 fully saturated rings. The zero-order valence-electron chi connectivity index (χ0n) is 21.4. The fraction of sp³-hybridized carbons (Fsp3) is 0.559. The van der Waals surface area contributed by atoms with Crippen LogP contribution in [0.25, 0.3) is 22.0 Å². The minimum atomic E-state index is 0.741. The molecule has 3 unspecified atom stereocenters. The van der Waals surface area contributed by atoms with E-state index in [0.29, 0.717) is 0 Å². The molecule has 182 valence electrons.